The first-order chi connectivity index (χ1) is 7.55. The van der Waals surface area contributed by atoms with E-state index in [9.17, 15) is 26.3 Å². The number of halogens is 6. The van der Waals surface area contributed by atoms with Gasteiger partial charge in [-0.15, -0.1) is 0 Å². The van der Waals surface area contributed by atoms with Crippen LogP contribution in [0.3, 0.4) is 0 Å². The van der Waals surface area contributed by atoms with Crippen LogP contribution >= 0.6 is 0 Å². The van der Waals surface area contributed by atoms with E-state index in [4.69, 9.17) is 5.11 Å². The van der Waals surface area contributed by atoms with Crippen LogP contribution in [0.25, 0.3) is 0 Å². The Balaban J connectivity index is 4.04. The minimum Gasteiger partial charge on any atom is -0.391 e. The second-order valence-electron chi connectivity index (χ2n) is 3.70. The Hall–Kier alpha value is -0.500. The highest BCUT2D eigenvalue weighted by Crippen LogP contribution is 2.41. The van der Waals surface area contributed by atoms with Gasteiger partial charge in [-0.05, 0) is 19.8 Å². The molecule has 0 amide bonds. The van der Waals surface area contributed by atoms with Crippen molar-refractivity contribution in [2.75, 3.05) is 13.2 Å². The molecule has 0 saturated carbocycles. The zero-order valence-electron chi connectivity index (χ0n) is 9.11. The molecule has 0 saturated heterocycles. The standard InChI is InChI=1S/C9H14F6O2/c1-6(16)5-17-4-2-3-7(8(10,11)12)9(13,14)15/h6-7,16H,2-5H2,1H3. The first-order valence-electron chi connectivity index (χ1n) is 4.94. The first-order valence-corrected chi connectivity index (χ1v) is 4.94. The minimum atomic E-state index is -5.29. The molecule has 104 valence electrons. The number of aliphatic hydroxyl groups excluding tert-OH is 1. The highest BCUT2D eigenvalue weighted by Gasteiger charge is 2.55. The van der Waals surface area contributed by atoms with Crippen LogP contribution < -0.4 is 0 Å². The fourth-order valence-electron chi connectivity index (χ4n) is 1.16. The molecule has 0 aliphatic carbocycles. The lowest BCUT2D eigenvalue weighted by Gasteiger charge is -2.22. The second-order valence-corrected chi connectivity index (χ2v) is 3.70. The summed E-state index contributed by atoms with van der Waals surface area (Å²) in [6.45, 7) is 1.05. The summed E-state index contributed by atoms with van der Waals surface area (Å²) in [7, 11) is 0. The Bertz CT molecular complexity index is 197. The fraction of sp³-hybridized carbons (Fsp3) is 1.00. The summed E-state index contributed by atoms with van der Waals surface area (Å²) in [6, 6.07) is 0. The molecule has 8 heteroatoms. The molecular formula is C9H14F6O2. The molecule has 1 atom stereocenters. The van der Waals surface area contributed by atoms with Crippen LogP contribution in [0.2, 0.25) is 0 Å². The zero-order chi connectivity index (χ0) is 13.7. The highest BCUT2D eigenvalue weighted by atomic mass is 19.4. The largest absolute Gasteiger partial charge is 0.400 e. The van der Waals surface area contributed by atoms with Crippen LogP contribution in [0.1, 0.15) is 19.8 Å². The third kappa shape index (κ3) is 7.43. The summed E-state index contributed by atoms with van der Waals surface area (Å²) in [6.07, 6.45) is -12.8. The summed E-state index contributed by atoms with van der Waals surface area (Å²) in [5.74, 6) is -3.31. The number of aliphatic hydroxyl groups is 1. The summed E-state index contributed by atoms with van der Waals surface area (Å²) in [5.41, 5.74) is 0. The maximum atomic E-state index is 12.1. The van der Waals surface area contributed by atoms with E-state index in [2.05, 4.69) is 4.74 Å². The smallest absolute Gasteiger partial charge is 0.391 e. The van der Waals surface area contributed by atoms with E-state index in [1.807, 2.05) is 0 Å². The van der Waals surface area contributed by atoms with Crippen molar-refractivity contribution in [1.29, 1.82) is 0 Å². The number of ether oxygens (including phenoxy) is 1. The van der Waals surface area contributed by atoms with Crippen molar-refractivity contribution in [3.63, 3.8) is 0 Å². The van der Waals surface area contributed by atoms with Crippen molar-refractivity contribution in [2.24, 2.45) is 5.92 Å². The third-order valence-electron chi connectivity index (χ3n) is 1.93. The zero-order valence-corrected chi connectivity index (χ0v) is 9.11. The number of alkyl halides is 6. The summed E-state index contributed by atoms with van der Waals surface area (Å²) in [5, 5.41) is 8.73. The van der Waals surface area contributed by atoms with Crippen molar-refractivity contribution in [1.82, 2.24) is 0 Å². The van der Waals surface area contributed by atoms with Crippen LogP contribution in [0.4, 0.5) is 26.3 Å². The maximum absolute atomic E-state index is 12.1. The molecule has 0 bridgehead atoms. The van der Waals surface area contributed by atoms with Gasteiger partial charge in [0.25, 0.3) is 0 Å². The average molecular weight is 268 g/mol. The molecular weight excluding hydrogens is 254 g/mol. The van der Waals surface area contributed by atoms with Gasteiger partial charge in [-0.2, -0.15) is 26.3 Å². The monoisotopic (exact) mass is 268 g/mol. The summed E-state index contributed by atoms with van der Waals surface area (Å²) in [4.78, 5) is 0. The van der Waals surface area contributed by atoms with Crippen molar-refractivity contribution in [2.45, 2.75) is 38.2 Å². The second kappa shape index (κ2) is 6.44. The molecule has 0 aliphatic rings. The predicted molar refractivity (Wildman–Crippen MR) is 47.3 cm³/mol. The molecule has 2 nitrogen and oxygen atoms in total. The van der Waals surface area contributed by atoms with E-state index in [0.29, 0.717) is 0 Å². The van der Waals surface area contributed by atoms with E-state index in [0.717, 1.165) is 0 Å². The minimum absolute atomic E-state index is 0.108. The Labute approximate surface area is 94.6 Å². The predicted octanol–water partition coefficient (Wildman–Crippen LogP) is 2.90. The number of hydrogen-bond donors (Lipinski definition) is 1. The van der Waals surface area contributed by atoms with E-state index in [1.54, 1.807) is 0 Å². The van der Waals surface area contributed by atoms with Gasteiger partial charge >= 0.3 is 12.4 Å². The van der Waals surface area contributed by atoms with Gasteiger partial charge in [0.05, 0.1) is 12.7 Å². The fourth-order valence-corrected chi connectivity index (χ4v) is 1.16. The van der Waals surface area contributed by atoms with Crippen molar-refractivity contribution >= 4 is 0 Å². The van der Waals surface area contributed by atoms with Gasteiger partial charge in [-0.25, -0.2) is 0 Å². The molecule has 17 heavy (non-hydrogen) atoms. The molecule has 0 fully saturated rings. The van der Waals surface area contributed by atoms with Gasteiger partial charge in [0.15, 0.2) is 5.92 Å². The Morgan fingerprint density at radius 2 is 1.53 bits per heavy atom. The molecule has 0 spiro atoms. The van der Waals surface area contributed by atoms with Gasteiger partial charge in [0.2, 0.25) is 0 Å². The Morgan fingerprint density at radius 3 is 1.88 bits per heavy atom. The van der Waals surface area contributed by atoms with Gasteiger partial charge in [-0.1, -0.05) is 0 Å². The lowest BCUT2D eigenvalue weighted by Crippen LogP contribution is -2.36. The molecule has 0 rings (SSSR count). The van der Waals surface area contributed by atoms with Crippen molar-refractivity contribution < 1.29 is 36.2 Å². The van der Waals surface area contributed by atoms with E-state index in [-0.39, 0.29) is 19.6 Å². The van der Waals surface area contributed by atoms with E-state index >= 15 is 0 Å². The highest BCUT2D eigenvalue weighted by molar-refractivity contribution is 4.75. The third-order valence-corrected chi connectivity index (χ3v) is 1.93. The number of hydrogen-bond acceptors (Lipinski definition) is 2. The SMILES string of the molecule is CC(O)COCCCC(C(F)(F)F)C(F)(F)F. The molecule has 0 aromatic rings. The molecule has 1 unspecified atom stereocenters. The van der Waals surface area contributed by atoms with E-state index in [1.165, 1.54) is 6.92 Å². The van der Waals surface area contributed by atoms with Crippen molar-refractivity contribution in [3.8, 4) is 0 Å². The van der Waals surface area contributed by atoms with Gasteiger partial charge in [0, 0.05) is 6.61 Å². The van der Waals surface area contributed by atoms with Crippen LogP contribution in [0.15, 0.2) is 0 Å². The Morgan fingerprint density at radius 1 is 1.06 bits per heavy atom. The quantitative estimate of drug-likeness (QED) is 0.593. The molecule has 0 radical (unpaired) electrons. The van der Waals surface area contributed by atoms with Crippen LogP contribution in [0.5, 0.6) is 0 Å². The molecule has 0 aromatic carbocycles. The lowest BCUT2D eigenvalue weighted by atomic mass is 10.0. The van der Waals surface area contributed by atoms with Crippen LogP contribution in [0, 0.1) is 5.92 Å². The topological polar surface area (TPSA) is 29.5 Å². The van der Waals surface area contributed by atoms with Gasteiger partial charge in [0.1, 0.15) is 0 Å². The van der Waals surface area contributed by atoms with E-state index < -0.39 is 30.8 Å². The lowest BCUT2D eigenvalue weighted by molar-refractivity contribution is -0.286. The molecule has 0 aliphatic heterocycles. The van der Waals surface area contributed by atoms with Gasteiger partial charge < -0.3 is 9.84 Å². The Kier molecular flexibility index (Phi) is 6.25. The first kappa shape index (κ1) is 16.5. The van der Waals surface area contributed by atoms with Crippen molar-refractivity contribution in [3.05, 3.63) is 0 Å². The van der Waals surface area contributed by atoms with Crippen LogP contribution in [-0.2, 0) is 4.74 Å². The molecule has 1 N–H and O–H groups in total. The molecule has 0 heterocycles. The summed E-state index contributed by atoms with van der Waals surface area (Å²) >= 11 is 0. The summed E-state index contributed by atoms with van der Waals surface area (Å²) < 4.78 is 77.0. The normalized spacial score (nSPS) is 15.4. The van der Waals surface area contributed by atoms with Crippen LogP contribution in [-0.4, -0.2) is 36.8 Å². The molecule has 0 aromatic heterocycles. The average Bonchev–Trinajstić information content (AvgIpc) is 2.05. The van der Waals surface area contributed by atoms with Gasteiger partial charge in [-0.3, -0.25) is 0 Å². The maximum Gasteiger partial charge on any atom is 0.400 e. The number of rotatable bonds is 6.